The van der Waals surface area contributed by atoms with E-state index in [0.717, 1.165) is 5.56 Å². The smallest absolute Gasteiger partial charge is 0.253 e. The molecule has 1 amide bonds. The lowest BCUT2D eigenvalue weighted by molar-refractivity contribution is -0.142. The molecule has 1 rings (SSSR count). The number of aromatic nitrogens is 1. The zero-order chi connectivity index (χ0) is 14.1. The summed E-state index contributed by atoms with van der Waals surface area (Å²) in [5.74, 6) is -0.205. The van der Waals surface area contributed by atoms with Crippen molar-refractivity contribution in [3.8, 4) is 6.07 Å². The third kappa shape index (κ3) is 4.66. The fourth-order valence-electron chi connectivity index (χ4n) is 1.67. The molecule has 0 saturated carbocycles. The van der Waals surface area contributed by atoms with Crippen molar-refractivity contribution in [2.75, 3.05) is 20.2 Å². The average molecular weight is 262 g/mol. The van der Waals surface area contributed by atoms with E-state index in [2.05, 4.69) is 4.98 Å². The number of nitrogens with zero attached hydrogens (tertiary/aromatic N) is 3. The van der Waals surface area contributed by atoms with Crippen molar-refractivity contribution >= 4 is 5.91 Å². The third-order valence-electron chi connectivity index (χ3n) is 2.68. The molecule has 1 aromatic rings. The molecule has 0 fully saturated rings. The maximum Gasteiger partial charge on any atom is 0.253 e. The number of pyridine rings is 1. The van der Waals surface area contributed by atoms with Crippen molar-refractivity contribution in [1.82, 2.24) is 9.88 Å². The summed E-state index contributed by atoms with van der Waals surface area (Å²) in [5.41, 5.74) is 6.40. The zero-order valence-corrected chi connectivity index (χ0v) is 11.0. The van der Waals surface area contributed by atoms with E-state index < -0.39 is 6.10 Å². The molecule has 0 aliphatic rings. The van der Waals surface area contributed by atoms with E-state index in [1.54, 1.807) is 23.4 Å². The first kappa shape index (κ1) is 15.1. The van der Waals surface area contributed by atoms with Gasteiger partial charge in [-0.05, 0) is 11.6 Å². The monoisotopic (exact) mass is 262 g/mol. The van der Waals surface area contributed by atoms with Gasteiger partial charge in [-0.25, -0.2) is 0 Å². The number of hydrogen-bond donors (Lipinski definition) is 1. The molecule has 0 bridgehead atoms. The number of methoxy groups -OCH3 is 1. The first-order chi connectivity index (χ1) is 9.22. The molecule has 0 radical (unpaired) electrons. The zero-order valence-electron chi connectivity index (χ0n) is 11.0. The molecule has 6 heteroatoms. The highest BCUT2D eigenvalue weighted by atomic mass is 16.5. The fourth-order valence-corrected chi connectivity index (χ4v) is 1.67. The molecular formula is C13H18N4O2. The van der Waals surface area contributed by atoms with Crippen LogP contribution in [0.5, 0.6) is 0 Å². The number of nitriles is 1. The standard InChI is InChI=1S/C13H18N4O2/c1-19-12(8-15)13(18)17(7-3-5-14)10-11-4-2-6-16-9-11/h2,4,6,9,12H,3,7-8,10,15H2,1H3. The highest BCUT2D eigenvalue weighted by Crippen LogP contribution is 2.07. The fraction of sp³-hybridized carbons (Fsp3) is 0.462. The van der Waals surface area contributed by atoms with Gasteiger partial charge in [-0.2, -0.15) is 5.26 Å². The van der Waals surface area contributed by atoms with Gasteiger partial charge in [-0.1, -0.05) is 6.07 Å². The van der Waals surface area contributed by atoms with Crippen LogP contribution < -0.4 is 5.73 Å². The van der Waals surface area contributed by atoms with Gasteiger partial charge in [0.15, 0.2) is 0 Å². The Morgan fingerprint density at radius 2 is 2.47 bits per heavy atom. The number of carbonyl (C=O) groups excluding carboxylic acids is 1. The van der Waals surface area contributed by atoms with Crippen LogP contribution in [0.1, 0.15) is 12.0 Å². The minimum Gasteiger partial charge on any atom is -0.370 e. The first-order valence-electron chi connectivity index (χ1n) is 6.00. The topological polar surface area (TPSA) is 92.2 Å². The Morgan fingerprint density at radius 3 is 3.00 bits per heavy atom. The highest BCUT2D eigenvalue weighted by molar-refractivity contribution is 5.81. The van der Waals surface area contributed by atoms with Gasteiger partial charge >= 0.3 is 0 Å². The van der Waals surface area contributed by atoms with Crippen molar-refractivity contribution in [3.63, 3.8) is 0 Å². The number of rotatable bonds is 7. The Morgan fingerprint density at radius 1 is 1.68 bits per heavy atom. The maximum atomic E-state index is 12.2. The van der Waals surface area contributed by atoms with Crippen LogP contribution in [0.4, 0.5) is 0 Å². The lowest BCUT2D eigenvalue weighted by Gasteiger charge is -2.25. The van der Waals surface area contributed by atoms with E-state index >= 15 is 0 Å². The number of carbonyl (C=O) groups is 1. The van der Waals surface area contributed by atoms with Gasteiger partial charge in [0.2, 0.25) is 0 Å². The number of amides is 1. The second kappa shape index (κ2) is 8.19. The minimum atomic E-state index is -0.671. The summed E-state index contributed by atoms with van der Waals surface area (Å²) in [6.07, 6.45) is 2.96. The van der Waals surface area contributed by atoms with Gasteiger partial charge in [0.25, 0.3) is 5.91 Å². The largest absolute Gasteiger partial charge is 0.370 e. The predicted molar refractivity (Wildman–Crippen MR) is 69.7 cm³/mol. The number of ether oxygens (including phenoxy) is 1. The van der Waals surface area contributed by atoms with Gasteiger partial charge in [0.05, 0.1) is 12.5 Å². The van der Waals surface area contributed by atoms with Crippen molar-refractivity contribution in [2.24, 2.45) is 5.73 Å². The predicted octanol–water partition coefficient (Wildman–Crippen LogP) is 0.298. The van der Waals surface area contributed by atoms with Crippen LogP contribution in [0, 0.1) is 11.3 Å². The van der Waals surface area contributed by atoms with Crippen LogP contribution in [0.15, 0.2) is 24.5 Å². The van der Waals surface area contributed by atoms with Crippen LogP contribution in [0.25, 0.3) is 0 Å². The van der Waals surface area contributed by atoms with Gasteiger partial charge in [-0.3, -0.25) is 9.78 Å². The molecule has 0 aliphatic heterocycles. The minimum absolute atomic E-state index is 0.116. The lowest BCUT2D eigenvalue weighted by Crippen LogP contribution is -2.43. The second-order valence-electron chi connectivity index (χ2n) is 3.99. The van der Waals surface area contributed by atoms with Crippen molar-refractivity contribution in [2.45, 2.75) is 19.1 Å². The molecule has 19 heavy (non-hydrogen) atoms. The molecule has 102 valence electrons. The summed E-state index contributed by atoms with van der Waals surface area (Å²) in [6, 6.07) is 5.72. The molecule has 0 aromatic carbocycles. The van der Waals surface area contributed by atoms with Gasteiger partial charge in [-0.15, -0.1) is 0 Å². The average Bonchev–Trinajstić information content (AvgIpc) is 2.45. The second-order valence-corrected chi connectivity index (χ2v) is 3.99. The van der Waals surface area contributed by atoms with E-state index in [-0.39, 0.29) is 18.9 Å². The molecule has 1 heterocycles. The van der Waals surface area contributed by atoms with E-state index in [9.17, 15) is 4.79 Å². The molecule has 1 unspecified atom stereocenters. The molecule has 0 saturated heterocycles. The van der Waals surface area contributed by atoms with E-state index in [1.165, 1.54) is 7.11 Å². The normalized spacial score (nSPS) is 11.6. The van der Waals surface area contributed by atoms with Crippen LogP contribution in [-0.2, 0) is 16.1 Å². The van der Waals surface area contributed by atoms with Gasteiger partial charge < -0.3 is 15.4 Å². The lowest BCUT2D eigenvalue weighted by atomic mass is 10.2. The number of nitrogens with two attached hydrogens (primary N) is 1. The molecule has 0 aliphatic carbocycles. The summed E-state index contributed by atoms with van der Waals surface area (Å²) in [7, 11) is 1.45. The quantitative estimate of drug-likeness (QED) is 0.762. The highest BCUT2D eigenvalue weighted by Gasteiger charge is 2.22. The Hall–Kier alpha value is -1.97. The van der Waals surface area contributed by atoms with Crippen molar-refractivity contribution in [3.05, 3.63) is 30.1 Å². The van der Waals surface area contributed by atoms with E-state index in [1.807, 2.05) is 12.1 Å². The molecule has 0 spiro atoms. The number of hydrogen-bond acceptors (Lipinski definition) is 5. The van der Waals surface area contributed by atoms with Crippen LogP contribution in [-0.4, -0.2) is 42.1 Å². The first-order valence-corrected chi connectivity index (χ1v) is 6.00. The molecule has 1 atom stereocenters. The Labute approximate surface area is 112 Å². The molecule has 2 N–H and O–H groups in total. The molecule has 1 aromatic heterocycles. The Balaban J connectivity index is 2.77. The van der Waals surface area contributed by atoms with Crippen molar-refractivity contribution < 1.29 is 9.53 Å². The summed E-state index contributed by atoms with van der Waals surface area (Å²) in [4.78, 5) is 17.8. The van der Waals surface area contributed by atoms with Crippen molar-refractivity contribution in [1.29, 1.82) is 5.26 Å². The Bertz CT molecular complexity index is 426. The molecule has 6 nitrogen and oxygen atoms in total. The van der Waals surface area contributed by atoms with Crippen LogP contribution in [0.3, 0.4) is 0 Å². The summed E-state index contributed by atoms with van der Waals surface area (Å²) in [6.45, 7) is 0.865. The molecular weight excluding hydrogens is 244 g/mol. The third-order valence-corrected chi connectivity index (χ3v) is 2.68. The van der Waals surface area contributed by atoms with Gasteiger partial charge in [0.1, 0.15) is 6.10 Å². The SMILES string of the molecule is COC(CN)C(=O)N(CCC#N)Cc1cccnc1. The van der Waals surface area contributed by atoms with E-state index in [4.69, 9.17) is 15.7 Å². The van der Waals surface area contributed by atoms with E-state index in [0.29, 0.717) is 13.1 Å². The maximum absolute atomic E-state index is 12.2. The van der Waals surface area contributed by atoms with Crippen LogP contribution in [0.2, 0.25) is 0 Å². The summed E-state index contributed by atoms with van der Waals surface area (Å²) >= 11 is 0. The summed E-state index contributed by atoms with van der Waals surface area (Å²) < 4.78 is 5.05. The van der Waals surface area contributed by atoms with Crippen LogP contribution >= 0.6 is 0 Å². The summed E-state index contributed by atoms with van der Waals surface area (Å²) in [5, 5.41) is 8.66. The van der Waals surface area contributed by atoms with Gasteiger partial charge in [0, 0.05) is 39.1 Å². The Kier molecular flexibility index (Phi) is 6.50.